The highest BCUT2D eigenvalue weighted by atomic mass is 19.1. The first-order valence-electron chi connectivity index (χ1n) is 6.83. The zero-order chi connectivity index (χ0) is 15.2. The van der Waals surface area contributed by atoms with E-state index in [0.29, 0.717) is 12.5 Å². The lowest BCUT2D eigenvalue weighted by Crippen LogP contribution is -2.47. The summed E-state index contributed by atoms with van der Waals surface area (Å²) in [6.07, 6.45) is 0.235. The van der Waals surface area contributed by atoms with Gasteiger partial charge in [-0.3, -0.25) is 4.99 Å². The molecule has 20 heavy (non-hydrogen) atoms. The molecule has 0 aliphatic heterocycles. The summed E-state index contributed by atoms with van der Waals surface area (Å²) in [5, 5.41) is 6.33. The van der Waals surface area contributed by atoms with Crippen molar-refractivity contribution in [3.63, 3.8) is 0 Å². The van der Waals surface area contributed by atoms with Gasteiger partial charge in [-0.25, -0.2) is 8.78 Å². The fourth-order valence-electron chi connectivity index (χ4n) is 1.71. The molecule has 1 aromatic rings. The normalized spacial score (nSPS) is 12.4. The fraction of sp³-hybridized carbons (Fsp3) is 0.533. The summed E-state index contributed by atoms with van der Waals surface area (Å²) in [5.41, 5.74) is -0.0348. The average Bonchev–Trinajstić information content (AvgIpc) is 2.31. The summed E-state index contributed by atoms with van der Waals surface area (Å²) in [5.74, 6) is -0.389. The van der Waals surface area contributed by atoms with Crippen LogP contribution in [0.5, 0.6) is 0 Å². The molecule has 0 spiro atoms. The van der Waals surface area contributed by atoms with Gasteiger partial charge in [0.15, 0.2) is 5.96 Å². The lowest BCUT2D eigenvalue weighted by atomic mass is 10.1. The van der Waals surface area contributed by atoms with Crippen LogP contribution in [-0.4, -0.2) is 24.6 Å². The van der Waals surface area contributed by atoms with E-state index in [2.05, 4.69) is 15.6 Å². The molecule has 0 amide bonds. The Morgan fingerprint density at radius 3 is 2.30 bits per heavy atom. The van der Waals surface area contributed by atoms with E-state index >= 15 is 0 Å². The summed E-state index contributed by atoms with van der Waals surface area (Å²) in [6, 6.07) is 3.89. The van der Waals surface area contributed by atoms with E-state index in [1.807, 2.05) is 27.7 Å². The van der Waals surface area contributed by atoms with Crippen LogP contribution in [0.3, 0.4) is 0 Å². The Kier molecular flexibility index (Phi) is 5.92. The molecule has 112 valence electrons. The molecule has 0 unspecified atom stereocenters. The molecule has 1 rings (SSSR count). The van der Waals surface area contributed by atoms with E-state index in [9.17, 15) is 8.78 Å². The quantitative estimate of drug-likeness (QED) is 0.658. The molecule has 0 bridgehead atoms. The van der Waals surface area contributed by atoms with Crippen molar-refractivity contribution in [1.29, 1.82) is 0 Å². The van der Waals surface area contributed by atoms with Crippen LogP contribution >= 0.6 is 0 Å². The molecule has 2 N–H and O–H groups in total. The molecule has 0 aromatic heterocycles. The van der Waals surface area contributed by atoms with Crippen LogP contribution < -0.4 is 10.6 Å². The number of nitrogens with zero attached hydrogens (tertiary/aromatic N) is 1. The van der Waals surface area contributed by atoms with Gasteiger partial charge < -0.3 is 10.6 Å². The van der Waals surface area contributed by atoms with Crippen LogP contribution in [0.1, 0.15) is 33.3 Å². The maximum Gasteiger partial charge on any atom is 0.191 e. The van der Waals surface area contributed by atoms with Crippen molar-refractivity contribution in [3.05, 3.63) is 35.4 Å². The van der Waals surface area contributed by atoms with Crippen molar-refractivity contribution < 1.29 is 8.78 Å². The highest BCUT2D eigenvalue weighted by Gasteiger charge is 2.12. The highest BCUT2D eigenvalue weighted by Crippen LogP contribution is 2.12. The molecule has 0 aliphatic rings. The summed E-state index contributed by atoms with van der Waals surface area (Å²) in [7, 11) is 0. The topological polar surface area (TPSA) is 36.4 Å². The third kappa shape index (κ3) is 5.55. The summed E-state index contributed by atoms with van der Waals surface area (Å²) in [4.78, 5) is 4.34. The van der Waals surface area contributed by atoms with Gasteiger partial charge in [-0.05, 0) is 46.2 Å². The number of hydrogen-bond acceptors (Lipinski definition) is 1. The highest BCUT2D eigenvalue weighted by molar-refractivity contribution is 5.80. The van der Waals surface area contributed by atoms with Crippen molar-refractivity contribution in [2.45, 2.75) is 39.7 Å². The molecule has 0 saturated heterocycles. The first-order chi connectivity index (χ1) is 9.33. The minimum Gasteiger partial charge on any atom is -0.357 e. The molecule has 0 aliphatic carbocycles. The molecular formula is C15H23F2N3. The summed E-state index contributed by atoms with van der Waals surface area (Å²) in [6.45, 7) is 9.10. The van der Waals surface area contributed by atoms with Crippen molar-refractivity contribution in [1.82, 2.24) is 10.6 Å². The Balaban J connectivity index is 2.69. The van der Waals surface area contributed by atoms with Gasteiger partial charge in [0.1, 0.15) is 11.6 Å². The van der Waals surface area contributed by atoms with Crippen LogP contribution in [0.4, 0.5) is 8.78 Å². The number of aliphatic imine (C=N–C) groups is 1. The van der Waals surface area contributed by atoms with Crippen LogP contribution in [-0.2, 0) is 6.42 Å². The van der Waals surface area contributed by atoms with E-state index in [1.54, 1.807) is 0 Å². The number of nitrogens with one attached hydrogen (secondary N) is 2. The third-order valence-corrected chi connectivity index (χ3v) is 2.53. The second-order valence-corrected chi connectivity index (χ2v) is 5.59. The number of halogens is 2. The predicted octanol–water partition coefficient (Wildman–Crippen LogP) is 2.86. The van der Waals surface area contributed by atoms with E-state index in [0.717, 1.165) is 6.54 Å². The lowest BCUT2D eigenvalue weighted by Gasteiger charge is -2.23. The number of hydrogen-bond donors (Lipinski definition) is 2. The molecule has 3 nitrogen and oxygen atoms in total. The van der Waals surface area contributed by atoms with E-state index in [1.165, 1.54) is 18.2 Å². The third-order valence-electron chi connectivity index (χ3n) is 2.53. The van der Waals surface area contributed by atoms with E-state index in [-0.39, 0.29) is 17.5 Å². The zero-order valence-electron chi connectivity index (χ0n) is 12.6. The Labute approximate surface area is 119 Å². The SMILES string of the molecule is CCNC(=NCCc1c(F)cccc1F)NC(C)(C)C. The molecule has 0 heterocycles. The standard InChI is InChI=1S/C15H23F2N3/c1-5-18-14(20-15(2,3)4)19-10-9-11-12(16)7-6-8-13(11)17/h6-8H,5,9-10H2,1-4H3,(H2,18,19,20). The maximum absolute atomic E-state index is 13.5. The van der Waals surface area contributed by atoms with Gasteiger partial charge in [0.05, 0.1) is 0 Å². The zero-order valence-corrected chi connectivity index (χ0v) is 12.6. The molecular weight excluding hydrogens is 260 g/mol. The van der Waals surface area contributed by atoms with Gasteiger partial charge in [-0.1, -0.05) is 6.07 Å². The van der Waals surface area contributed by atoms with Crippen LogP contribution in [0.15, 0.2) is 23.2 Å². The molecule has 5 heteroatoms. The van der Waals surface area contributed by atoms with Gasteiger partial charge in [-0.2, -0.15) is 0 Å². The van der Waals surface area contributed by atoms with Crippen molar-refractivity contribution in [2.75, 3.05) is 13.1 Å². The van der Waals surface area contributed by atoms with Crippen molar-refractivity contribution >= 4 is 5.96 Å². The number of benzene rings is 1. The minimum atomic E-state index is -0.519. The molecule has 0 radical (unpaired) electrons. The first kappa shape index (κ1) is 16.4. The maximum atomic E-state index is 13.5. The molecule has 1 aromatic carbocycles. The monoisotopic (exact) mass is 283 g/mol. The minimum absolute atomic E-state index is 0.0860. The van der Waals surface area contributed by atoms with E-state index in [4.69, 9.17) is 0 Å². The summed E-state index contributed by atoms with van der Waals surface area (Å²) >= 11 is 0. The number of rotatable bonds is 4. The average molecular weight is 283 g/mol. The smallest absolute Gasteiger partial charge is 0.191 e. The Hall–Kier alpha value is -1.65. The lowest BCUT2D eigenvalue weighted by molar-refractivity contribution is 0.501. The van der Waals surface area contributed by atoms with Gasteiger partial charge in [0, 0.05) is 24.2 Å². The first-order valence-corrected chi connectivity index (χ1v) is 6.83. The predicted molar refractivity (Wildman–Crippen MR) is 78.9 cm³/mol. The Morgan fingerprint density at radius 1 is 1.20 bits per heavy atom. The second kappa shape index (κ2) is 7.22. The van der Waals surface area contributed by atoms with Crippen molar-refractivity contribution in [3.8, 4) is 0 Å². The number of guanidine groups is 1. The Bertz CT molecular complexity index is 444. The Morgan fingerprint density at radius 2 is 1.80 bits per heavy atom. The van der Waals surface area contributed by atoms with Crippen molar-refractivity contribution in [2.24, 2.45) is 4.99 Å². The van der Waals surface area contributed by atoms with E-state index < -0.39 is 11.6 Å². The largest absolute Gasteiger partial charge is 0.357 e. The fourth-order valence-corrected chi connectivity index (χ4v) is 1.71. The van der Waals surface area contributed by atoms with Crippen LogP contribution in [0.25, 0.3) is 0 Å². The molecule has 0 saturated carbocycles. The van der Waals surface area contributed by atoms with Gasteiger partial charge in [0.25, 0.3) is 0 Å². The van der Waals surface area contributed by atoms with Gasteiger partial charge >= 0.3 is 0 Å². The second-order valence-electron chi connectivity index (χ2n) is 5.59. The molecule has 0 atom stereocenters. The van der Waals surface area contributed by atoms with Gasteiger partial charge in [0.2, 0.25) is 0 Å². The van der Waals surface area contributed by atoms with Crippen LogP contribution in [0, 0.1) is 11.6 Å². The molecule has 0 fully saturated rings. The van der Waals surface area contributed by atoms with Crippen LogP contribution in [0.2, 0.25) is 0 Å². The summed E-state index contributed by atoms with van der Waals surface area (Å²) < 4.78 is 26.9. The van der Waals surface area contributed by atoms with Gasteiger partial charge in [-0.15, -0.1) is 0 Å².